The fourth-order valence-corrected chi connectivity index (χ4v) is 3.42. The van der Waals surface area contributed by atoms with Gasteiger partial charge in [0.1, 0.15) is 0 Å². The summed E-state index contributed by atoms with van der Waals surface area (Å²) in [5.41, 5.74) is 0. The van der Waals surface area contributed by atoms with Crippen molar-refractivity contribution in [2.24, 2.45) is 5.92 Å². The molecule has 0 saturated carbocycles. The summed E-state index contributed by atoms with van der Waals surface area (Å²) in [6, 6.07) is 0.738. The van der Waals surface area contributed by atoms with Gasteiger partial charge in [-0.05, 0) is 46.1 Å². The second-order valence-electron chi connectivity index (χ2n) is 6.44. The third-order valence-corrected chi connectivity index (χ3v) is 4.67. The van der Waals surface area contributed by atoms with E-state index < -0.39 is 0 Å². The molecule has 2 aliphatic rings. The maximum absolute atomic E-state index is 12.8. The highest BCUT2D eigenvalue weighted by molar-refractivity contribution is 5.80. The van der Waals surface area contributed by atoms with Gasteiger partial charge in [0.05, 0.1) is 12.0 Å². The molecule has 2 saturated heterocycles. The molecule has 20 heavy (non-hydrogen) atoms. The lowest BCUT2D eigenvalue weighted by molar-refractivity contribution is -0.139. The van der Waals surface area contributed by atoms with Crippen LogP contribution in [-0.4, -0.2) is 48.7 Å². The number of carbonyl (C=O) groups excluding carboxylic acids is 1. The van der Waals surface area contributed by atoms with Crippen LogP contribution in [0, 0.1) is 5.92 Å². The largest absolute Gasteiger partial charge is 0.377 e. The molecular formula is C16H30N2O2. The van der Waals surface area contributed by atoms with E-state index in [1.54, 1.807) is 0 Å². The van der Waals surface area contributed by atoms with Crippen molar-refractivity contribution < 1.29 is 9.53 Å². The fraction of sp³-hybridized carbons (Fsp3) is 0.938. The number of nitrogens with zero attached hydrogens (tertiary/aromatic N) is 1. The molecule has 3 unspecified atom stereocenters. The first-order chi connectivity index (χ1) is 9.63. The van der Waals surface area contributed by atoms with Crippen LogP contribution in [0.1, 0.15) is 52.9 Å². The Labute approximate surface area is 123 Å². The number of nitrogens with one attached hydrogen (secondary N) is 1. The van der Waals surface area contributed by atoms with E-state index in [1.807, 2.05) is 0 Å². The molecule has 0 aromatic rings. The number of piperidine rings is 1. The lowest BCUT2D eigenvalue weighted by atomic mass is 9.96. The van der Waals surface area contributed by atoms with E-state index >= 15 is 0 Å². The Bertz CT molecular complexity index is 314. The molecule has 1 N–H and O–H groups in total. The van der Waals surface area contributed by atoms with Gasteiger partial charge < -0.3 is 15.0 Å². The van der Waals surface area contributed by atoms with E-state index in [0.29, 0.717) is 11.9 Å². The Balaban J connectivity index is 1.97. The third kappa shape index (κ3) is 3.73. The molecule has 2 fully saturated rings. The van der Waals surface area contributed by atoms with Crippen LogP contribution in [0.3, 0.4) is 0 Å². The number of hydrogen-bond donors (Lipinski definition) is 1. The van der Waals surface area contributed by atoms with Crippen molar-refractivity contribution in [3.63, 3.8) is 0 Å². The summed E-state index contributed by atoms with van der Waals surface area (Å²) in [7, 11) is 0. The molecule has 4 nitrogen and oxygen atoms in total. The van der Waals surface area contributed by atoms with Crippen LogP contribution < -0.4 is 5.32 Å². The minimum absolute atomic E-state index is 0.0750. The van der Waals surface area contributed by atoms with Crippen molar-refractivity contribution in [3.05, 3.63) is 0 Å². The molecule has 0 aliphatic carbocycles. The van der Waals surface area contributed by atoms with Crippen LogP contribution >= 0.6 is 0 Å². The van der Waals surface area contributed by atoms with E-state index in [1.165, 1.54) is 19.3 Å². The van der Waals surface area contributed by atoms with Crippen LogP contribution in [0.5, 0.6) is 0 Å². The smallest absolute Gasteiger partial charge is 0.228 e. The number of ether oxygens (including phenoxy) is 1. The lowest BCUT2D eigenvalue weighted by Gasteiger charge is -2.35. The monoisotopic (exact) mass is 282 g/mol. The van der Waals surface area contributed by atoms with Crippen molar-refractivity contribution in [3.8, 4) is 0 Å². The fourth-order valence-electron chi connectivity index (χ4n) is 3.42. The summed E-state index contributed by atoms with van der Waals surface area (Å²) < 4.78 is 5.69. The average Bonchev–Trinajstić information content (AvgIpc) is 2.93. The molecule has 4 heteroatoms. The van der Waals surface area contributed by atoms with Crippen molar-refractivity contribution >= 4 is 5.91 Å². The summed E-state index contributed by atoms with van der Waals surface area (Å²) in [6.45, 7) is 9.04. The zero-order chi connectivity index (χ0) is 14.5. The van der Waals surface area contributed by atoms with E-state index in [0.717, 1.165) is 32.5 Å². The zero-order valence-electron chi connectivity index (χ0n) is 13.2. The number of amides is 1. The van der Waals surface area contributed by atoms with Crippen LogP contribution in [0.25, 0.3) is 0 Å². The summed E-state index contributed by atoms with van der Waals surface area (Å²) in [4.78, 5) is 14.9. The average molecular weight is 282 g/mol. The van der Waals surface area contributed by atoms with E-state index in [2.05, 4.69) is 31.0 Å². The van der Waals surface area contributed by atoms with Gasteiger partial charge in [0.2, 0.25) is 5.91 Å². The Morgan fingerprint density at radius 3 is 2.75 bits per heavy atom. The van der Waals surface area contributed by atoms with Gasteiger partial charge >= 0.3 is 0 Å². The molecule has 1 amide bonds. The summed E-state index contributed by atoms with van der Waals surface area (Å²) in [6.07, 6.45) is 5.68. The van der Waals surface area contributed by atoms with Crippen molar-refractivity contribution in [1.29, 1.82) is 0 Å². The third-order valence-electron chi connectivity index (χ3n) is 4.67. The second kappa shape index (κ2) is 7.41. The van der Waals surface area contributed by atoms with Crippen molar-refractivity contribution in [2.45, 2.75) is 71.1 Å². The van der Waals surface area contributed by atoms with Crippen LogP contribution in [0.15, 0.2) is 0 Å². The summed E-state index contributed by atoms with van der Waals surface area (Å²) in [5.74, 6) is 0.378. The molecule has 0 aromatic carbocycles. The van der Waals surface area contributed by atoms with Gasteiger partial charge in [0, 0.05) is 25.2 Å². The topological polar surface area (TPSA) is 41.6 Å². The molecule has 0 spiro atoms. The molecule has 2 heterocycles. The minimum Gasteiger partial charge on any atom is -0.377 e. The molecule has 2 aliphatic heterocycles. The normalized spacial score (nSPS) is 30.7. The maximum Gasteiger partial charge on any atom is 0.228 e. The molecule has 0 aromatic heterocycles. The van der Waals surface area contributed by atoms with E-state index in [-0.39, 0.29) is 18.1 Å². The van der Waals surface area contributed by atoms with Gasteiger partial charge in [-0.3, -0.25) is 4.79 Å². The highest BCUT2D eigenvalue weighted by atomic mass is 16.5. The lowest BCUT2D eigenvalue weighted by Crippen LogP contribution is -2.50. The van der Waals surface area contributed by atoms with Gasteiger partial charge in [0.15, 0.2) is 0 Å². The molecule has 0 bridgehead atoms. The molecule has 2 rings (SSSR count). The Kier molecular flexibility index (Phi) is 5.85. The molecule has 0 radical (unpaired) electrons. The van der Waals surface area contributed by atoms with Gasteiger partial charge in [-0.25, -0.2) is 0 Å². The summed E-state index contributed by atoms with van der Waals surface area (Å²) >= 11 is 0. The van der Waals surface area contributed by atoms with Crippen LogP contribution in [-0.2, 0) is 9.53 Å². The van der Waals surface area contributed by atoms with Gasteiger partial charge in [-0.1, -0.05) is 13.3 Å². The Morgan fingerprint density at radius 2 is 2.15 bits per heavy atom. The predicted molar refractivity (Wildman–Crippen MR) is 80.6 cm³/mol. The van der Waals surface area contributed by atoms with Gasteiger partial charge in [-0.2, -0.15) is 0 Å². The van der Waals surface area contributed by atoms with Crippen LogP contribution in [0.4, 0.5) is 0 Å². The van der Waals surface area contributed by atoms with E-state index in [4.69, 9.17) is 4.74 Å². The van der Waals surface area contributed by atoms with Gasteiger partial charge in [-0.15, -0.1) is 0 Å². The van der Waals surface area contributed by atoms with E-state index in [9.17, 15) is 4.79 Å². The first kappa shape index (κ1) is 15.8. The number of hydrogen-bond acceptors (Lipinski definition) is 3. The van der Waals surface area contributed by atoms with Crippen LogP contribution in [0.2, 0.25) is 0 Å². The van der Waals surface area contributed by atoms with Crippen molar-refractivity contribution in [2.75, 3.05) is 19.7 Å². The first-order valence-electron chi connectivity index (χ1n) is 8.29. The van der Waals surface area contributed by atoms with Crippen molar-refractivity contribution in [1.82, 2.24) is 10.2 Å². The Morgan fingerprint density at radius 1 is 1.35 bits per heavy atom. The standard InChI is InChI=1S/C16H30N2O2/c1-4-15-14(8-10-20-15)16(19)18(12(2)3)11-13-7-5-6-9-17-13/h12-15,17H,4-11H2,1-3H3. The number of rotatable bonds is 5. The minimum atomic E-state index is 0.0750. The Hall–Kier alpha value is -0.610. The molecular weight excluding hydrogens is 252 g/mol. The van der Waals surface area contributed by atoms with Gasteiger partial charge in [0.25, 0.3) is 0 Å². The highest BCUT2D eigenvalue weighted by Crippen LogP contribution is 2.26. The zero-order valence-corrected chi connectivity index (χ0v) is 13.2. The molecule has 3 atom stereocenters. The molecule has 116 valence electrons. The predicted octanol–water partition coefficient (Wildman–Crippen LogP) is 2.18. The first-order valence-corrected chi connectivity index (χ1v) is 8.29. The maximum atomic E-state index is 12.8. The highest BCUT2D eigenvalue weighted by Gasteiger charge is 2.36. The SMILES string of the molecule is CCC1OCCC1C(=O)N(CC1CCCCN1)C(C)C. The number of carbonyl (C=O) groups is 1. The quantitative estimate of drug-likeness (QED) is 0.840. The second-order valence-corrected chi connectivity index (χ2v) is 6.44. The summed E-state index contributed by atoms with van der Waals surface area (Å²) in [5, 5.41) is 3.55.